The molecule has 1 fully saturated rings. The Morgan fingerprint density at radius 2 is 2.15 bits per heavy atom. The van der Waals surface area contributed by atoms with E-state index in [1.54, 1.807) is 18.2 Å². The first-order chi connectivity index (χ1) is 9.06. The molecule has 2 atom stereocenters. The lowest BCUT2D eigenvalue weighted by atomic mass is 10.1. The van der Waals surface area contributed by atoms with Gasteiger partial charge in [0, 0.05) is 35.6 Å². The van der Waals surface area contributed by atoms with Crippen molar-refractivity contribution in [3.8, 4) is 0 Å². The summed E-state index contributed by atoms with van der Waals surface area (Å²) in [5.41, 5.74) is 0.744. The fourth-order valence-corrected chi connectivity index (χ4v) is 2.55. The molecule has 2 unspecified atom stereocenters. The summed E-state index contributed by atoms with van der Waals surface area (Å²) in [6, 6.07) is 5.08. The van der Waals surface area contributed by atoms with Crippen LogP contribution in [0.3, 0.4) is 0 Å². The average Bonchev–Trinajstić information content (AvgIpc) is 2.76. The molecule has 112 valence electrons. The van der Waals surface area contributed by atoms with E-state index in [1.165, 1.54) is 0 Å². The van der Waals surface area contributed by atoms with Gasteiger partial charge in [-0.05, 0) is 17.7 Å². The highest BCUT2D eigenvalue weighted by molar-refractivity contribution is 6.35. The second-order valence-corrected chi connectivity index (χ2v) is 5.55. The lowest BCUT2D eigenvalue weighted by Gasteiger charge is -2.14. The van der Waals surface area contributed by atoms with Crippen LogP contribution >= 0.6 is 35.6 Å². The van der Waals surface area contributed by atoms with E-state index in [4.69, 9.17) is 23.2 Å². The lowest BCUT2D eigenvalue weighted by Crippen LogP contribution is -2.35. The number of benzene rings is 1. The Morgan fingerprint density at radius 3 is 2.75 bits per heavy atom. The Labute approximate surface area is 134 Å². The summed E-state index contributed by atoms with van der Waals surface area (Å²) >= 11 is 11.8. The van der Waals surface area contributed by atoms with E-state index in [0.29, 0.717) is 23.1 Å². The van der Waals surface area contributed by atoms with Crippen molar-refractivity contribution in [2.45, 2.75) is 12.5 Å². The number of carbonyl (C=O) groups excluding carboxylic acids is 1. The second-order valence-electron chi connectivity index (χ2n) is 4.70. The molecule has 1 aliphatic rings. The van der Waals surface area contributed by atoms with E-state index in [1.807, 2.05) is 0 Å². The van der Waals surface area contributed by atoms with Crippen LogP contribution in [0.1, 0.15) is 5.56 Å². The molecule has 1 amide bonds. The van der Waals surface area contributed by atoms with Gasteiger partial charge in [-0.25, -0.2) is 0 Å². The number of rotatable bonds is 4. The molecular weight excluding hydrogens is 323 g/mol. The van der Waals surface area contributed by atoms with E-state index in [-0.39, 0.29) is 36.8 Å². The van der Waals surface area contributed by atoms with Crippen LogP contribution in [0.5, 0.6) is 0 Å². The minimum Gasteiger partial charge on any atom is -0.391 e. The quantitative estimate of drug-likeness (QED) is 0.782. The normalized spacial score (nSPS) is 21.4. The highest BCUT2D eigenvalue weighted by atomic mass is 35.5. The van der Waals surface area contributed by atoms with Gasteiger partial charge in [-0.2, -0.15) is 0 Å². The summed E-state index contributed by atoms with van der Waals surface area (Å²) in [6.45, 7) is 1.78. The fraction of sp³-hybridized carbons (Fsp3) is 0.462. The van der Waals surface area contributed by atoms with Crippen molar-refractivity contribution >= 4 is 41.5 Å². The van der Waals surface area contributed by atoms with Gasteiger partial charge in [0.1, 0.15) is 0 Å². The summed E-state index contributed by atoms with van der Waals surface area (Å²) in [5, 5.41) is 16.5. The number of aliphatic hydroxyl groups excluding tert-OH is 1. The van der Waals surface area contributed by atoms with E-state index in [2.05, 4.69) is 10.6 Å². The summed E-state index contributed by atoms with van der Waals surface area (Å²) in [7, 11) is 0. The van der Waals surface area contributed by atoms with Crippen LogP contribution in [0, 0.1) is 5.92 Å². The van der Waals surface area contributed by atoms with Gasteiger partial charge in [0.25, 0.3) is 0 Å². The predicted molar refractivity (Wildman–Crippen MR) is 82.8 cm³/mol. The maximum atomic E-state index is 11.8. The van der Waals surface area contributed by atoms with Crippen LogP contribution in [-0.4, -0.2) is 36.8 Å². The van der Waals surface area contributed by atoms with E-state index in [0.717, 1.165) is 12.1 Å². The molecule has 1 heterocycles. The first-order valence-electron chi connectivity index (χ1n) is 6.15. The number of aliphatic hydroxyl groups is 1. The van der Waals surface area contributed by atoms with Gasteiger partial charge >= 0.3 is 0 Å². The third kappa shape index (κ3) is 4.79. The smallest absolute Gasteiger partial charge is 0.224 e. The Bertz CT molecular complexity index is 471. The molecule has 1 saturated heterocycles. The van der Waals surface area contributed by atoms with Crippen molar-refractivity contribution in [3.63, 3.8) is 0 Å². The van der Waals surface area contributed by atoms with Gasteiger partial charge in [-0.3, -0.25) is 4.79 Å². The number of amides is 1. The molecule has 0 saturated carbocycles. The molecule has 0 aromatic heterocycles. The number of β-amino-alcohol motifs (C(OH)–C–C–N with tert-alkyl or cyclic N) is 1. The van der Waals surface area contributed by atoms with E-state index < -0.39 is 0 Å². The van der Waals surface area contributed by atoms with Gasteiger partial charge in [-0.1, -0.05) is 29.3 Å². The molecule has 0 radical (unpaired) electrons. The largest absolute Gasteiger partial charge is 0.391 e. The van der Waals surface area contributed by atoms with Crippen LogP contribution in [-0.2, 0) is 11.2 Å². The number of carbonyl (C=O) groups is 1. The number of nitrogens with one attached hydrogen (secondary N) is 2. The van der Waals surface area contributed by atoms with Gasteiger partial charge in [0.15, 0.2) is 0 Å². The zero-order valence-electron chi connectivity index (χ0n) is 10.7. The van der Waals surface area contributed by atoms with Crippen molar-refractivity contribution in [2.75, 3.05) is 19.6 Å². The SMILES string of the molecule is Cl.O=C(Cc1ccc(Cl)cc1Cl)NCC1CNCC1O. The molecule has 20 heavy (non-hydrogen) atoms. The van der Waals surface area contributed by atoms with Crippen molar-refractivity contribution < 1.29 is 9.90 Å². The lowest BCUT2D eigenvalue weighted by molar-refractivity contribution is -0.120. The zero-order chi connectivity index (χ0) is 13.8. The maximum absolute atomic E-state index is 11.8. The highest BCUT2D eigenvalue weighted by Crippen LogP contribution is 2.21. The molecule has 0 spiro atoms. The molecule has 1 aliphatic heterocycles. The molecule has 0 bridgehead atoms. The third-order valence-electron chi connectivity index (χ3n) is 3.23. The highest BCUT2D eigenvalue weighted by Gasteiger charge is 2.24. The monoisotopic (exact) mass is 338 g/mol. The van der Waals surface area contributed by atoms with Gasteiger partial charge in [0.2, 0.25) is 5.91 Å². The maximum Gasteiger partial charge on any atom is 0.224 e. The molecule has 4 nitrogen and oxygen atoms in total. The average molecular weight is 340 g/mol. The first kappa shape index (κ1) is 17.5. The second kappa shape index (κ2) is 8.05. The van der Waals surface area contributed by atoms with Gasteiger partial charge in [0.05, 0.1) is 12.5 Å². The van der Waals surface area contributed by atoms with E-state index in [9.17, 15) is 9.90 Å². The molecule has 7 heteroatoms. The summed E-state index contributed by atoms with van der Waals surface area (Å²) in [4.78, 5) is 11.8. The molecule has 3 N–H and O–H groups in total. The standard InChI is InChI=1S/C13H16Cl2N2O2.ClH/c14-10-2-1-8(11(15)4-10)3-13(19)17-6-9-5-16-7-12(9)18;/h1-2,4,9,12,16,18H,3,5-7H2,(H,17,19);1H. The van der Waals surface area contributed by atoms with Crippen molar-refractivity contribution in [3.05, 3.63) is 33.8 Å². The molecule has 2 rings (SSSR count). The van der Waals surface area contributed by atoms with Crippen molar-refractivity contribution in [2.24, 2.45) is 5.92 Å². The van der Waals surface area contributed by atoms with Crippen LogP contribution < -0.4 is 10.6 Å². The fourth-order valence-electron chi connectivity index (χ4n) is 2.07. The molecule has 1 aromatic rings. The number of halogens is 3. The molecule has 1 aromatic carbocycles. The Morgan fingerprint density at radius 1 is 1.40 bits per heavy atom. The summed E-state index contributed by atoms with van der Waals surface area (Å²) in [6.07, 6.45) is -0.175. The van der Waals surface area contributed by atoms with Crippen molar-refractivity contribution in [1.82, 2.24) is 10.6 Å². The van der Waals surface area contributed by atoms with Crippen molar-refractivity contribution in [1.29, 1.82) is 0 Å². The molecule has 0 aliphatic carbocycles. The van der Waals surface area contributed by atoms with Crippen LogP contribution in [0.15, 0.2) is 18.2 Å². The van der Waals surface area contributed by atoms with Gasteiger partial charge in [-0.15, -0.1) is 12.4 Å². The summed E-state index contributed by atoms with van der Waals surface area (Å²) < 4.78 is 0. The van der Waals surface area contributed by atoms with Crippen LogP contribution in [0.4, 0.5) is 0 Å². The Kier molecular flexibility index (Phi) is 7.06. The van der Waals surface area contributed by atoms with Crippen LogP contribution in [0.2, 0.25) is 10.0 Å². The number of hydrogen-bond acceptors (Lipinski definition) is 3. The predicted octanol–water partition coefficient (Wildman–Crippen LogP) is 1.65. The first-order valence-corrected chi connectivity index (χ1v) is 6.91. The number of hydrogen-bond donors (Lipinski definition) is 3. The van der Waals surface area contributed by atoms with Crippen LogP contribution in [0.25, 0.3) is 0 Å². The topological polar surface area (TPSA) is 61.4 Å². The van der Waals surface area contributed by atoms with E-state index >= 15 is 0 Å². The Balaban J connectivity index is 0.00000200. The minimum atomic E-state index is -0.389. The molecular formula is C13H17Cl3N2O2. The third-order valence-corrected chi connectivity index (χ3v) is 3.82. The Hall–Kier alpha value is -0.520. The zero-order valence-corrected chi connectivity index (χ0v) is 13.1. The summed E-state index contributed by atoms with van der Waals surface area (Å²) in [5.74, 6) is -0.0343. The minimum absolute atomic E-state index is 0. The van der Waals surface area contributed by atoms with Gasteiger partial charge < -0.3 is 15.7 Å².